The van der Waals surface area contributed by atoms with Gasteiger partial charge in [0.05, 0.1) is 0 Å². The molecule has 2 heteroatoms. The Bertz CT molecular complexity index is 946. The Balaban J connectivity index is 1.78. The van der Waals surface area contributed by atoms with Crippen LogP contribution in [0.25, 0.3) is 0 Å². The van der Waals surface area contributed by atoms with Crippen LogP contribution in [-0.4, -0.2) is 0 Å². The number of hydrogen-bond acceptors (Lipinski definition) is 1. The van der Waals surface area contributed by atoms with Crippen molar-refractivity contribution in [3.63, 3.8) is 0 Å². The van der Waals surface area contributed by atoms with Crippen molar-refractivity contribution < 1.29 is 0 Å². The summed E-state index contributed by atoms with van der Waals surface area (Å²) in [6.45, 7) is 8.91. The van der Waals surface area contributed by atoms with Crippen molar-refractivity contribution in [2.24, 2.45) is 0 Å². The predicted octanol–water partition coefficient (Wildman–Crippen LogP) is 8.33. The molecule has 0 fully saturated rings. The second-order valence-corrected chi connectivity index (χ2v) is 9.65. The Morgan fingerprint density at radius 2 is 1.31 bits per heavy atom. The summed E-state index contributed by atoms with van der Waals surface area (Å²) in [6, 6.07) is 24.2. The molecule has 0 aliphatic carbocycles. The quantitative estimate of drug-likeness (QED) is 0.363. The second kappa shape index (κ2) is 9.87. The minimum absolute atomic E-state index is 0.188. The fourth-order valence-electron chi connectivity index (χ4n) is 4.06. The number of rotatable bonds is 7. The molecule has 0 saturated heterocycles. The molecule has 0 bridgehead atoms. The van der Waals surface area contributed by atoms with Crippen LogP contribution in [0.1, 0.15) is 71.2 Å². The van der Waals surface area contributed by atoms with Gasteiger partial charge in [-0.25, -0.2) is 0 Å². The average Bonchev–Trinajstić information content (AvgIpc) is 2.67. The fourth-order valence-corrected chi connectivity index (χ4v) is 4.47. The summed E-state index contributed by atoms with van der Waals surface area (Å²) in [5.74, 6) is 0.941. The van der Waals surface area contributed by atoms with Gasteiger partial charge in [0.2, 0.25) is 0 Å². The molecule has 0 spiro atoms. The maximum Gasteiger partial charge on any atom is 0.0411 e. The van der Waals surface area contributed by atoms with Crippen LogP contribution in [0.15, 0.2) is 66.7 Å². The molecule has 0 heterocycles. The maximum atomic E-state index is 6.36. The third kappa shape index (κ3) is 6.14. The van der Waals surface area contributed by atoms with Crippen LogP contribution in [0.3, 0.4) is 0 Å². The lowest BCUT2D eigenvalue weighted by Gasteiger charge is -2.18. The van der Waals surface area contributed by atoms with Crippen molar-refractivity contribution in [3.05, 3.63) is 105 Å². The Hall–Kier alpha value is -1.70. The topological polar surface area (TPSA) is 0 Å². The van der Waals surface area contributed by atoms with Crippen LogP contribution in [0.4, 0.5) is 0 Å². The zero-order chi connectivity index (χ0) is 21.0. The van der Waals surface area contributed by atoms with Gasteiger partial charge in [0.15, 0.2) is 0 Å². The number of hydrogen-bond donors (Lipinski definition) is 1. The first-order valence-corrected chi connectivity index (χ1v) is 11.3. The molecule has 0 amide bonds. The van der Waals surface area contributed by atoms with Gasteiger partial charge >= 0.3 is 0 Å². The van der Waals surface area contributed by atoms with E-state index in [1.165, 1.54) is 33.4 Å². The van der Waals surface area contributed by atoms with Gasteiger partial charge in [-0.1, -0.05) is 85.6 Å². The monoisotopic (exact) mass is 422 g/mol. The zero-order valence-corrected chi connectivity index (χ0v) is 19.5. The van der Waals surface area contributed by atoms with Crippen LogP contribution in [0.2, 0.25) is 5.02 Å². The van der Waals surface area contributed by atoms with Crippen molar-refractivity contribution >= 4 is 24.2 Å². The molecule has 29 heavy (non-hydrogen) atoms. The minimum atomic E-state index is 0.188. The first-order valence-electron chi connectivity index (χ1n) is 10.4. The van der Waals surface area contributed by atoms with E-state index in [-0.39, 0.29) is 5.25 Å². The maximum absolute atomic E-state index is 6.36. The Morgan fingerprint density at radius 1 is 0.724 bits per heavy atom. The number of halogens is 1. The summed E-state index contributed by atoms with van der Waals surface area (Å²) < 4.78 is 0. The highest BCUT2D eigenvalue weighted by molar-refractivity contribution is 7.80. The lowest BCUT2D eigenvalue weighted by atomic mass is 9.88. The highest BCUT2D eigenvalue weighted by atomic mass is 35.5. The summed E-state index contributed by atoms with van der Waals surface area (Å²) in [5, 5.41) is 0.986. The molecule has 0 nitrogen and oxygen atoms in total. The molecular formula is C27H31ClS. The van der Waals surface area contributed by atoms with Gasteiger partial charge in [-0.05, 0) is 78.5 Å². The molecule has 3 aromatic carbocycles. The smallest absolute Gasteiger partial charge is 0.0411 e. The van der Waals surface area contributed by atoms with Crippen LogP contribution in [0, 0.1) is 6.92 Å². The molecule has 0 radical (unpaired) electrons. The number of aryl methyl sites for hydroxylation is 1. The van der Waals surface area contributed by atoms with E-state index < -0.39 is 0 Å². The van der Waals surface area contributed by atoms with Gasteiger partial charge in [0.25, 0.3) is 0 Å². The van der Waals surface area contributed by atoms with E-state index in [0.29, 0.717) is 11.8 Å². The molecule has 3 unspecified atom stereocenters. The standard InChI is InChI=1S/C27H31ClS/c1-18-10-22(12-19(2)24-8-6-5-7-9-24)14-25(11-18)20(3)13-23-15-26(21(4)29)17-27(28)16-23/h5-11,14-17,19-21,29H,12-13H2,1-4H3. The molecule has 152 valence electrons. The largest absolute Gasteiger partial charge is 0.171 e. The van der Waals surface area contributed by atoms with Gasteiger partial charge in [-0.2, -0.15) is 12.6 Å². The van der Waals surface area contributed by atoms with Crippen molar-refractivity contribution in [2.45, 2.75) is 57.6 Å². The van der Waals surface area contributed by atoms with E-state index in [9.17, 15) is 0 Å². The molecule has 0 aliphatic heterocycles. The highest BCUT2D eigenvalue weighted by Crippen LogP contribution is 2.29. The molecule has 3 rings (SSSR count). The third-order valence-electron chi connectivity index (χ3n) is 5.64. The number of thiol groups is 1. The normalized spacial score (nSPS) is 14.4. The lowest BCUT2D eigenvalue weighted by molar-refractivity contribution is 0.738. The van der Waals surface area contributed by atoms with E-state index >= 15 is 0 Å². The van der Waals surface area contributed by atoms with E-state index in [0.717, 1.165) is 17.9 Å². The molecule has 0 aliphatic rings. The van der Waals surface area contributed by atoms with Crippen LogP contribution < -0.4 is 0 Å². The zero-order valence-electron chi connectivity index (χ0n) is 17.8. The summed E-state index contributed by atoms with van der Waals surface area (Å²) in [5.41, 5.74) is 8.02. The lowest BCUT2D eigenvalue weighted by Crippen LogP contribution is -2.03. The SMILES string of the molecule is Cc1cc(CC(C)c2ccccc2)cc(C(C)Cc2cc(Cl)cc(C(C)S)c2)c1. The first-order chi connectivity index (χ1) is 13.8. The van der Waals surface area contributed by atoms with Crippen LogP contribution >= 0.6 is 24.2 Å². The molecular weight excluding hydrogens is 392 g/mol. The molecule has 3 aromatic rings. The van der Waals surface area contributed by atoms with Gasteiger partial charge in [-0.3, -0.25) is 0 Å². The molecule has 0 N–H and O–H groups in total. The summed E-state index contributed by atoms with van der Waals surface area (Å²) in [7, 11) is 0. The van der Waals surface area contributed by atoms with Crippen LogP contribution in [-0.2, 0) is 12.8 Å². The number of benzene rings is 3. The fraction of sp³-hybridized carbons (Fsp3) is 0.333. The van der Waals surface area contributed by atoms with Gasteiger partial charge in [0.1, 0.15) is 0 Å². The average molecular weight is 423 g/mol. The van der Waals surface area contributed by atoms with Crippen molar-refractivity contribution in [3.8, 4) is 0 Å². The van der Waals surface area contributed by atoms with E-state index in [2.05, 4.69) is 101 Å². The minimum Gasteiger partial charge on any atom is -0.171 e. The van der Waals surface area contributed by atoms with E-state index in [4.69, 9.17) is 11.6 Å². The Morgan fingerprint density at radius 3 is 1.97 bits per heavy atom. The summed E-state index contributed by atoms with van der Waals surface area (Å²) in [6.07, 6.45) is 2.04. The second-order valence-electron chi connectivity index (χ2n) is 8.44. The van der Waals surface area contributed by atoms with Crippen molar-refractivity contribution in [2.75, 3.05) is 0 Å². The Kier molecular flexibility index (Phi) is 7.49. The molecule has 0 aromatic heterocycles. The summed E-state index contributed by atoms with van der Waals surface area (Å²) >= 11 is 10.9. The molecule has 0 saturated carbocycles. The summed E-state index contributed by atoms with van der Waals surface area (Å²) in [4.78, 5) is 0. The first kappa shape index (κ1) is 22.0. The highest BCUT2D eigenvalue weighted by Gasteiger charge is 2.13. The Labute approximate surface area is 186 Å². The van der Waals surface area contributed by atoms with Gasteiger partial charge in [0, 0.05) is 10.3 Å². The van der Waals surface area contributed by atoms with Gasteiger partial charge < -0.3 is 0 Å². The van der Waals surface area contributed by atoms with E-state index in [1.807, 2.05) is 6.07 Å². The predicted molar refractivity (Wildman–Crippen MR) is 131 cm³/mol. The molecule has 3 atom stereocenters. The van der Waals surface area contributed by atoms with Crippen molar-refractivity contribution in [1.29, 1.82) is 0 Å². The van der Waals surface area contributed by atoms with E-state index in [1.54, 1.807) is 0 Å². The van der Waals surface area contributed by atoms with Crippen molar-refractivity contribution in [1.82, 2.24) is 0 Å². The van der Waals surface area contributed by atoms with Gasteiger partial charge in [-0.15, -0.1) is 0 Å². The third-order valence-corrected chi connectivity index (χ3v) is 6.16. The van der Waals surface area contributed by atoms with Crippen LogP contribution in [0.5, 0.6) is 0 Å².